The lowest BCUT2D eigenvalue weighted by Gasteiger charge is -2.12. The summed E-state index contributed by atoms with van der Waals surface area (Å²) < 4.78 is 22.9. The number of nitrogens with one attached hydrogen (secondary N) is 1. The van der Waals surface area contributed by atoms with Gasteiger partial charge in [-0.1, -0.05) is 31.6 Å². The molecular weight excluding hydrogens is 394 g/mol. The predicted molar refractivity (Wildman–Crippen MR) is 124 cm³/mol. The number of allylic oxidation sites excluding steroid dienone is 2. The second-order valence-electron chi connectivity index (χ2n) is 7.56. The van der Waals surface area contributed by atoms with Crippen molar-refractivity contribution < 1.29 is 8.95 Å². The lowest BCUT2D eigenvalue weighted by atomic mass is 10.1. The summed E-state index contributed by atoms with van der Waals surface area (Å²) in [4.78, 5) is 0. The van der Waals surface area contributed by atoms with E-state index in [-0.39, 0.29) is 5.25 Å². The molecule has 0 radical (unpaired) electrons. The number of anilines is 1. The number of unbranched alkanes of at least 4 members (excludes halogenated alkanes) is 1. The van der Waals surface area contributed by atoms with Crippen molar-refractivity contribution in [1.82, 2.24) is 4.57 Å². The molecular formula is C24H29N3O2S. The van der Waals surface area contributed by atoms with Gasteiger partial charge in [0, 0.05) is 28.8 Å². The molecule has 2 aromatic rings. The molecule has 1 aliphatic rings. The number of aromatic nitrogens is 1. The van der Waals surface area contributed by atoms with E-state index in [9.17, 15) is 9.47 Å². The van der Waals surface area contributed by atoms with Gasteiger partial charge in [-0.25, -0.2) is 4.21 Å². The average molecular weight is 424 g/mol. The minimum absolute atomic E-state index is 0.0333. The van der Waals surface area contributed by atoms with Crippen molar-refractivity contribution >= 4 is 28.8 Å². The minimum atomic E-state index is -1.13. The normalized spacial score (nSPS) is 13.9. The van der Waals surface area contributed by atoms with Crippen LogP contribution < -0.4 is 15.3 Å². The standard InChI is InChI=1S/C24H29N3O2S/c1-5-6-14-27-23-15-20(29-4)8-7-9-21(23)22(16-25)24(27)18-10-12-19(13-11-18)26-30(28)17(2)3/h8-13,15,17,26H,5-7,14H2,1-4H3. The third kappa shape index (κ3) is 4.52. The molecule has 1 N–H and O–H groups in total. The quantitative estimate of drug-likeness (QED) is 0.702. The molecule has 158 valence electrons. The van der Waals surface area contributed by atoms with Crippen LogP contribution in [-0.2, 0) is 22.3 Å². The minimum Gasteiger partial charge on any atom is -0.497 e. The zero-order chi connectivity index (χ0) is 21.7. The third-order valence-electron chi connectivity index (χ3n) is 5.15. The van der Waals surface area contributed by atoms with Crippen molar-refractivity contribution in [3.63, 3.8) is 0 Å². The molecule has 1 aromatic heterocycles. The van der Waals surface area contributed by atoms with Crippen molar-refractivity contribution in [2.45, 2.75) is 51.8 Å². The molecule has 0 spiro atoms. The van der Waals surface area contributed by atoms with E-state index >= 15 is 0 Å². The van der Waals surface area contributed by atoms with Crippen LogP contribution >= 0.6 is 0 Å². The largest absolute Gasteiger partial charge is 0.497 e. The number of hydrogen-bond acceptors (Lipinski definition) is 3. The van der Waals surface area contributed by atoms with E-state index in [2.05, 4.69) is 28.4 Å². The first-order valence-electron chi connectivity index (χ1n) is 10.4. The van der Waals surface area contributed by atoms with E-state index in [0.717, 1.165) is 59.1 Å². The molecule has 6 heteroatoms. The van der Waals surface area contributed by atoms with Crippen molar-refractivity contribution in [2.24, 2.45) is 0 Å². The maximum atomic E-state index is 12.1. The summed E-state index contributed by atoms with van der Waals surface area (Å²) in [6, 6.07) is 10.3. The van der Waals surface area contributed by atoms with Gasteiger partial charge in [0.05, 0.1) is 23.7 Å². The van der Waals surface area contributed by atoms with Gasteiger partial charge in [-0.2, -0.15) is 5.26 Å². The monoisotopic (exact) mass is 423 g/mol. The SMILES string of the molecule is CCCCn1c(-c2ccc(NS(=O)C(C)C)cc2)c(C#N)c2c1=CC(OC)=CCC=2. The maximum Gasteiger partial charge on any atom is 0.119 e. The number of hydrogen-bond donors (Lipinski definition) is 1. The Hall–Kier alpha value is -2.78. The van der Waals surface area contributed by atoms with Crippen LogP contribution in [0.4, 0.5) is 5.69 Å². The molecule has 5 nitrogen and oxygen atoms in total. The summed E-state index contributed by atoms with van der Waals surface area (Å²) in [7, 11) is 0.545. The summed E-state index contributed by atoms with van der Waals surface area (Å²) in [6.07, 6.45) is 8.97. The smallest absolute Gasteiger partial charge is 0.119 e. The first kappa shape index (κ1) is 21.9. The Morgan fingerprint density at radius 2 is 2.00 bits per heavy atom. The Labute approximate surface area is 181 Å². The molecule has 1 atom stereocenters. The first-order chi connectivity index (χ1) is 14.5. The number of rotatable bonds is 8. The van der Waals surface area contributed by atoms with Crippen molar-refractivity contribution in [2.75, 3.05) is 11.8 Å². The first-order valence-corrected chi connectivity index (χ1v) is 11.6. The number of fused-ring (bicyclic) bond motifs is 1. The van der Waals surface area contributed by atoms with E-state index < -0.39 is 11.0 Å². The maximum absolute atomic E-state index is 12.1. The summed E-state index contributed by atoms with van der Waals surface area (Å²) in [5.74, 6) is 0.812. The molecule has 0 saturated carbocycles. The second kappa shape index (κ2) is 9.82. The summed E-state index contributed by atoms with van der Waals surface area (Å²) in [6.45, 7) is 6.83. The summed E-state index contributed by atoms with van der Waals surface area (Å²) in [5.41, 5.74) is 3.40. The Morgan fingerprint density at radius 1 is 1.27 bits per heavy atom. The summed E-state index contributed by atoms with van der Waals surface area (Å²) >= 11 is 0. The van der Waals surface area contributed by atoms with Crippen LogP contribution in [0.25, 0.3) is 23.4 Å². The zero-order valence-corrected chi connectivity index (χ0v) is 18.9. The van der Waals surface area contributed by atoms with E-state index in [1.54, 1.807) is 7.11 Å². The van der Waals surface area contributed by atoms with E-state index in [4.69, 9.17) is 4.74 Å². The number of ether oxygens (including phenoxy) is 1. The molecule has 1 heterocycles. The molecule has 1 aliphatic carbocycles. The number of methoxy groups -OCH3 is 1. The highest BCUT2D eigenvalue weighted by molar-refractivity contribution is 7.86. The highest BCUT2D eigenvalue weighted by atomic mass is 32.2. The molecule has 0 saturated heterocycles. The van der Waals surface area contributed by atoms with Gasteiger partial charge in [0.25, 0.3) is 0 Å². The van der Waals surface area contributed by atoms with Crippen LogP contribution in [0.15, 0.2) is 36.1 Å². The molecule has 30 heavy (non-hydrogen) atoms. The van der Waals surface area contributed by atoms with Crippen LogP contribution in [0.3, 0.4) is 0 Å². The number of benzene rings is 1. The third-order valence-corrected chi connectivity index (χ3v) is 6.44. The Bertz CT molecular complexity index is 1120. The van der Waals surface area contributed by atoms with Crippen LogP contribution in [0, 0.1) is 11.3 Å². The predicted octanol–water partition coefficient (Wildman–Crippen LogP) is 3.81. The lowest BCUT2D eigenvalue weighted by molar-refractivity contribution is 0.312. The fraction of sp³-hybridized carbons (Fsp3) is 0.375. The lowest BCUT2D eigenvalue weighted by Crippen LogP contribution is -2.30. The van der Waals surface area contributed by atoms with Crippen LogP contribution in [0.5, 0.6) is 0 Å². The van der Waals surface area contributed by atoms with Gasteiger partial charge >= 0.3 is 0 Å². The van der Waals surface area contributed by atoms with Gasteiger partial charge in [0.15, 0.2) is 0 Å². The van der Waals surface area contributed by atoms with E-state index in [1.807, 2.05) is 50.3 Å². The zero-order valence-electron chi connectivity index (χ0n) is 18.1. The van der Waals surface area contributed by atoms with Gasteiger partial charge in [-0.05, 0) is 50.5 Å². The van der Waals surface area contributed by atoms with Gasteiger partial charge in [0.2, 0.25) is 0 Å². The van der Waals surface area contributed by atoms with E-state index in [0.29, 0.717) is 5.56 Å². The Balaban J connectivity index is 2.15. The molecule has 0 bridgehead atoms. The average Bonchev–Trinajstić information content (AvgIpc) is 2.88. The molecule has 0 fully saturated rings. The highest BCUT2D eigenvalue weighted by Gasteiger charge is 2.18. The topological polar surface area (TPSA) is 67.0 Å². The van der Waals surface area contributed by atoms with Crippen molar-refractivity contribution in [1.29, 1.82) is 5.26 Å². The fourth-order valence-corrected chi connectivity index (χ4v) is 4.14. The van der Waals surface area contributed by atoms with Crippen LogP contribution in [-0.4, -0.2) is 21.1 Å². The van der Waals surface area contributed by atoms with Gasteiger partial charge in [-0.3, -0.25) is 0 Å². The van der Waals surface area contributed by atoms with Crippen molar-refractivity contribution in [3.05, 3.63) is 52.2 Å². The van der Waals surface area contributed by atoms with Gasteiger partial charge < -0.3 is 14.0 Å². The van der Waals surface area contributed by atoms with Crippen molar-refractivity contribution in [3.8, 4) is 17.3 Å². The van der Waals surface area contributed by atoms with Crippen LogP contribution in [0.2, 0.25) is 0 Å². The molecule has 0 aliphatic heterocycles. The number of nitrogens with zero attached hydrogens (tertiary/aromatic N) is 2. The summed E-state index contributed by atoms with van der Waals surface area (Å²) in [5, 5.41) is 12.0. The van der Waals surface area contributed by atoms with Gasteiger partial charge in [-0.15, -0.1) is 0 Å². The fourth-order valence-electron chi connectivity index (χ4n) is 3.54. The number of nitriles is 1. The molecule has 0 amide bonds. The highest BCUT2D eigenvalue weighted by Crippen LogP contribution is 2.24. The molecule has 1 unspecified atom stereocenters. The Morgan fingerprint density at radius 3 is 2.60 bits per heavy atom. The van der Waals surface area contributed by atoms with Gasteiger partial charge in [0.1, 0.15) is 22.8 Å². The van der Waals surface area contributed by atoms with E-state index in [1.165, 1.54) is 0 Å². The van der Waals surface area contributed by atoms with Crippen LogP contribution in [0.1, 0.15) is 45.6 Å². The Kier molecular flexibility index (Phi) is 7.17. The molecule has 3 rings (SSSR count). The second-order valence-corrected chi connectivity index (χ2v) is 9.30. The molecule has 1 aromatic carbocycles.